The summed E-state index contributed by atoms with van der Waals surface area (Å²) in [5, 5.41) is 4.85. The SMILES string of the molecule is CC(C)[C@H](NC(=O)Nc1cc(F)ccc1F)C(=O)N1CCc2ccccc21. The van der Waals surface area contributed by atoms with Gasteiger partial charge in [-0.2, -0.15) is 0 Å². The van der Waals surface area contributed by atoms with Gasteiger partial charge in [-0.15, -0.1) is 0 Å². The van der Waals surface area contributed by atoms with E-state index < -0.39 is 23.7 Å². The van der Waals surface area contributed by atoms with Crippen molar-refractivity contribution in [3.8, 4) is 0 Å². The second kappa shape index (κ2) is 7.73. The number of nitrogens with one attached hydrogen (secondary N) is 2. The second-order valence-corrected chi connectivity index (χ2v) is 6.81. The average molecular weight is 373 g/mol. The number of rotatable bonds is 4. The maximum Gasteiger partial charge on any atom is 0.319 e. The van der Waals surface area contributed by atoms with Crippen molar-refractivity contribution >= 4 is 23.3 Å². The maximum atomic E-state index is 13.7. The first-order chi connectivity index (χ1) is 12.9. The number of hydrogen-bond acceptors (Lipinski definition) is 2. The molecule has 3 rings (SSSR count). The Hall–Kier alpha value is -2.96. The van der Waals surface area contributed by atoms with Gasteiger partial charge in [0.15, 0.2) is 0 Å². The Morgan fingerprint density at radius 3 is 2.59 bits per heavy atom. The fraction of sp³-hybridized carbons (Fsp3) is 0.300. The van der Waals surface area contributed by atoms with E-state index in [4.69, 9.17) is 0 Å². The first-order valence-corrected chi connectivity index (χ1v) is 8.78. The average Bonchev–Trinajstić information content (AvgIpc) is 3.06. The summed E-state index contributed by atoms with van der Waals surface area (Å²) < 4.78 is 27.0. The topological polar surface area (TPSA) is 61.4 Å². The molecule has 0 aliphatic carbocycles. The van der Waals surface area contributed by atoms with E-state index in [9.17, 15) is 18.4 Å². The van der Waals surface area contributed by atoms with Crippen LogP contribution in [0.3, 0.4) is 0 Å². The van der Waals surface area contributed by atoms with Gasteiger partial charge in [0, 0.05) is 18.3 Å². The number of carbonyl (C=O) groups is 2. The smallest absolute Gasteiger partial charge is 0.319 e. The van der Waals surface area contributed by atoms with Crippen LogP contribution in [0.5, 0.6) is 0 Å². The summed E-state index contributed by atoms with van der Waals surface area (Å²) in [5.41, 5.74) is 1.64. The molecule has 142 valence electrons. The van der Waals surface area contributed by atoms with Gasteiger partial charge in [0.05, 0.1) is 5.69 Å². The lowest BCUT2D eigenvalue weighted by Gasteiger charge is -2.27. The summed E-state index contributed by atoms with van der Waals surface area (Å²) in [6, 6.07) is 8.85. The summed E-state index contributed by atoms with van der Waals surface area (Å²) in [4.78, 5) is 26.9. The van der Waals surface area contributed by atoms with Gasteiger partial charge in [-0.25, -0.2) is 13.6 Å². The van der Waals surface area contributed by atoms with Crippen LogP contribution in [-0.4, -0.2) is 24.5 Å². The van der Waals surface area contributed by atoms with E-state index in [1.54, 1.807) is 4.90 Å². The fourth-order valence-electron chi connectivity index (χ4n) is 3.14. The van der Waals surface area contributed by atoms with Crippen molar-refractivity contribution in [2.24, 2.45) is 5.92 Å². The highest BCUT2D eigenvalue weighted by atomic mass is 19.1. The van der Waals surface area contributed by atoms with Crippen LogP contribution in [0.4, 0.5) is 25.0 Å². The van der Waals surface area contributed by atoms with Crippen molar-refractivity contribution in [1.82, 2.24) is 5.32 Å². The molecule has 0 bridgehead atoms. The highest BCUT2D eigenvalue weighted by molar-refractivity contribution is 6.02. The van der Waals surface area contributed by atoms with Crippen molar-refractivity contribution in [2.75, 3.05) is 16.8 Å². The molecule has 2 aromatic carbocycles. The molecular formula is C20H21F2N3O2. The van der Waals surface area contributed by atoms with E-state index in [1.165, 1.54) is 0 Å². The zero-order chi connectivity index (χ0) is 19.6. The number of benzene rings is 2. The Bertz CT molecular complexity index is 870. The lowest BCUT2D eigenvalue weighted by atomic mass is 10.0. The number of urea groups is 1. The van der Waals surface area contributed by atoms with E-state index >= 15 is 0 Å². The molecule has 1 atom stereocenters. The number of para-hydroxylation sites is 1. The minimum absolute atomic E-state index is 0.187. The number of fused-ring (bicyclic) bond motifs is 1. The number of amides is 3. The zero-order valence-electron chi connectivity index (χ0n) is 15.1. The molecule has 0 fully saturated rings. The molecule has 2 N–H and O–H groups in total. The van der Waals surface area contributed by atoms with Crippen molar-refractivity contribution in [3.63, 3.8) is 0 Å². The molecule has 0 saturated carbocycles. The number of nitrogens with zero attached hydrogens (tertiary/aromatic N) is 1. The Morgan fingerprint density at radius 1 is 1.11 bits per heavy atom. The lowest BCUT2D eigenvalue weighted by molar-refractivity contribution is -0.121. The van der Waals surface area contributed by atoms with E-state index in [0.717, 1.165) is 35.9 Å². The molecule has 1 aliphatic heterocycles. The molecule has 1 heterocycles. The van der Waals surface area contributed by atoms with Crippen LogP contribution in [0.15, 0.2) is 42.5 Å². The quantitative estimate of drug-likeness (QED) is 0.858. The third-order valence-electron chi connectivity index (χ3n) is 4.55. The van der Waals surface area contributed by atoms with Crippen LogP contribution in [0.25, 0.3) is 0 Å². The third-order valence-corrected chi connectivity index (χ3v) is 4.55. The van der Waals surface area contributed by atoms with Crippen LogP contribution in [0, 0.1) is 17.6 Å². The van der Waals surface area contributed by atoms with Gasteiger partial charge >= 0.3 is 6.03 Å². The Labute approximate surface area is 156 Å². The highest BCUT2D eigenvalue weighted by Gasteiger charge is 2.32. The molecular weight excluding hydrogens is 352 g/mol. The maximum absolute atomic E-state index is 13.7. The van der Waals surface area contributed by atoms with Crippen molar-refractivity contribution in [2.45, 2.75) is 26.3 Å². The standard InChI is InChI=1S/C20H21F2N3O2/c1-12(2)18(19(26)25-10-9-13-5-3-4-6-17(13)25)24-20(27)23-16-11-14(21)7-8-15(16)22/h3-8,11-12,18H,9-10H2,1-2H3,(H2,23,24,27)/t18-/m0/s1. The largest absolute Gasteiger partial charge is 0.326 e. The molecule has 0 unspecified atom stereocenters. The van der Waals surface area contributed by atoms with Crippen LogP contribution in [0.1, 0.15) is 19.4 Å². The van der Waals surface area contributed by atoms with Gasteiger partial charge in [-0.3, -0.25) is 4.79 Å². The lowest BCUT2D eigenvalue weighted by Crippen LogP contribution is -2.52. The predicted molar refractivity (Wildman–Crippen MR) is 99.6 cm³/mol. The monoisotopic (exact) mass is 373 g/mol. The zero-order valence-corrected chi connectivity index (χ0v) is 15.1. The van der Waals surface area contributed by atoms with Gasteiger partial charge in [0.1, 0.15) is 17.7 Å². The molecule has 1 aliphatic rings. The van der Waals surface area contributed by atoms with E-state index in [0.29, 0.717) is 6.54 Å². The minimum atomic E-state index is -0.798. The first kappa shape index (κ1) is 18.8. The number of halogens is 2. The number of anilines is 2. The molecule has 0 aromatic heterocycles. The van der Waals surface area contributed by atoms with Gasteiger partial charge in [0.2, 0.25) is 5.91 Å². The van der Waals surface area contributed by atoms with Gasteiger partial charge in [-0.05, 0) is 36.1 Å². The summed E-state index contributed by atoms with van der Waals surface area (Å²) in [6.45, 7) is 4.17. The Balaban J connectivity index is 1.73. The number of carbonyl (C=O) groups excluding carboxylic acids is 2. The summed E-state index contributed by atoms with van der Waals surface area (Å²) in [6.07, 6.45) is 0.757. The van der Waals surface area contributed by atoms with E-state index in [2.05, 4.69) is 10.6 Å². The molecule has 7 heteroatoms. The summed E-state index contributed by atoms with van der Waals surface area (Å²) in [7, 11) is 0. The van der Waals surface area contributed by atoms with Crippen molar-refractivity contribution in [3.05, 3.63) is 59.7 Å². The molecule has 0 radical (unpaired) electrons. The van der Waals surface area contributed by atoms with Crippen LogP contribution < -0.4 is 15.5 Å². The molecule has 0 saturated heterocycles. The van der Waals surface area contributed by atoms with Crippen molar-refractivity contribution < 1.29 is 18.4 Å². The van der Waals surface area contributed by atoms with E-state index in [-0.39, 0.29) is 17.5 Å². The third kappa shape index (κ3) is 4.07. The van der Waals surface area contributed by atoms with Gasteiger partial charge in [-0.1, -0.05) is 32.0 Å². The highest BCUT2D eigenvalue weighted by Crippen LogP contribution is 2.28. The number of hydrogen-bond donors (Lipinski definition) is 2. The molecule has 0 spiro atoms. The predicted octanol–water partition coefficient (Wildman–Crippen LogP) is 3.70. The summed E-state index contributed by atoms with van der Waals surface area (Å²) in [5.74, 6) is -1.84. The van der Waals surface area contributed by atoms with Gasteiger partial charge < -0.3 is 15.5 Å². The minimum Gasteiger partial charge on any atom is -0.326 e. The van der Waals surface area contributed by atoms with E-state index in [1.807, 2.05) is 38.1 Å². The van der Waals surface area contributed by atoms with Crippen molar-refractivity contribution in [1.29, 1.82) is 0 Å². The normalized spacial score (nSPS) is 14.0. The molecule has 3 amide bonds. The molecule has 5 nitrogen and oxygen atoms in total. The summed E-state index contributed by atoms with van der Waals surface area (Å²) >= 11 is 0. The van der Waals surface area contributed by atoms with Crippen LogP contribution >= 0.6 is 0 Å². The van der Waals surface area contributed by atoms with Crippen LogP contribution in [0.2, 0.25) is 0 Å². The first-order valence-electron chi connectivity index (χ1n) is 8.78. The van der Waals surface area contributed by atoms with Gasteiger partial charge in [0.25, 0.3) is 0 Å². The molecule has 27 heavy (non-hydrogen) atoms. The Kier molecular flexibility index (Phi) is 5.39. The Morgan fingerprint density at radius 2 is 1.85 bits per heavy atom. The fourth-order valence-corrected chi connectivity index (χ4v) is 3.14. The van der Waals surface area contributed by atoms with Crippen LogP contribution in [-0.2, 0) is 11.2 Å². The second-order valence-electron chi connectivity index (χ2n) is 6.81. The molecule has 2 aromatic rings.